The fourth-order valence-electron chi connectivity index (χ4n) is 3.01. The number of hydrogen-bond acceptors (Lipinski definition) is 8. The van der Waals surface area contributed by atoms with Crippen molar-refractivity contribution in [3.8, 4) is 6.07 Å². The van der Waals surface area contributed by atoms with Crippen LogP contribution in [-0.4, -0.2) is 19.5 Å². The van der Waals surface area contributed by atoms with Crippen LogP contribution in [0.25, 0.3) is 10.2 Å². The average Bonchev–Trinajstić information content (AvgIpc) is 3.19. The molecule has 10 heteroatoms. The van der Waals surface area contributed by atoms with E-state index in [1.165, 1.54) is 21.6 Å². The highest BCUT2D eigenvalue weighted by Gasteiger charge is 2.23. The molecule has 26 heavy (non-hydrogen) atoms. The summed E-state index contributed by atoms with van der Waals surface area (Å²) in [7, 11) is 1.65. The summed E-state index contributed by atoms with van der Waals surface area (Å²) in [4.78, 5) is 33.6. The summed E-state index contributed by atoms with van der Waals surface area (Å²) >= 11 is 2.66. The molecule has 3 aromatic heterocycles. The molecule has 0 bridgehead atoms. The monoisotopic (exact) mass is 385 g/mol. The second kappa shape index (κ2) is 6.19. The maximum Gasteiger partial charge on any atom is 0.305 e. The number of nitriles is 1. The van der Waals surface area contributed by atoms with Crippen LogP contribution in [-0.2, 0) is 19.9 Å². The van der Waals surface area contributed by atoms with Crippen molar-refractivity contribution in [3.63, 3.8) is 0 Å². The first-order chi connectivity index (χ1) is 12.5. The van der Waals surface area contributed by atoms with Crippen molar-refractivity contribution in [2.75, 3.05) is 0 Å². The lowest BCUT2D eigenvalue weighted by Crippen LogP contribution is -2.20. The molecule has 0 radical (unpaired) electrons. The molecule has 0 N–H and O–H groups in total. The summed E-state index contributed by atoms with van der Waals surface area (Å²) in [5.74, 6) is 0. The van der Waals surface area contributed by atoms with Gasteiger partial charge in [0.05, 0.1) is 10.3 Å². The average molecular weight is 385 g/mol. The number of nitro groups is 1. The Bertz CT molecular complexity index is 1180. The fourth-order valence-corrected chi connectivity index (χ4v) is 5.14. The van der Waals surface area contributed by atoms with E-state index in [9.17, 15) is 14.9 Å². The minimum absolute atomic E-state index is 0.0979. The highest BCUT2D eigenvalue weighted by molar-refractivity contribution is 7.99. The number of pyridine rings is 1. The Morgan fingerprint density at radius 2 is 2.19 bits per heavy atom. The van der Waals surface area contributed by atoms with Crippen molar-refractivity contribution in [1.82, 2.24) is 14.5 Å². The number of nitrogens with zero attached hydrogens (tertiary/aromatic N) is 5. The van der Waals surface area contributed by atoms with Crippen molar-refractivity contribution >= 4 is 39.0 Å². The van der Waals surface area contributed by atoms with E-state index in [4.69, 9.17) is 5.26 Å². The molecule has 0 aliphatic heterocycles. The molecule has 3 heterocycles. The maximum atomic E-state index is 12.8. The summed E-state index contributed by atoms with van der Waals surface area (Å²) in [6.45, 7) is 0. The third-order valence-corrected chi connectivity index (χ3v) is 6.42. The Kier molecular flexibility index (Phi) is 3.97. The molecule has 0 amide bonds. The van der Waals surface area contributed by atoms with Gasteiger partial charge >= 0.3 is 5.69 Å². The van der Waals surface area contributed by atoms with E-state index in [1.807, 2.05) is 0 Å². The second-order valence-corrected chi connectivity index (χ2v) is 7.86. The Morgan fingerprint density at radius 1 is 1.38 bits per heavy atom. The normalized spacial score (nSPS) is 12.9. The Hall–Kier alpha value is -2.77. The molecular formula is C16H11N5O3S2. The predicted molar refractivity (Wildman–Crippen MR) is 96.6 cm³/mol. The van der Waals surface area contributed by atoms with Crippen molar-refractivity contribution in [2.24, 2.45) is 7.05 Å². The van der Waals surface area contributed by atoms with Crippen molar-refractivity contribution < 1.29 is 4.92 Å². The van der Waals surface area contributed by atoms with Gasteiger partial charge in [0.2, 0.25) is 5.69 Å². The molecule has 0 saturated heterocycles. The van der Waals surface area contributed by atoms with Gasteiger partial charge in [-0.2, -0.15) is 5.26 Å². The van der Waals surface area contributed by atoms with Crippen LogP contribution in [0.5, 0.6) is 0 Å². The zero-order valence-electron chi connectivity index (χ0n) is 13.6. The number of thiophene rings is 1. The SMILES string of the molecule is Cn1c(Sc2ccc([N+](=O)[O-])c(C#N)n2)nc2sc3c(c2c1=O)CCC3. The largest absolute Gasteiger partial charge is 0.305 e. The van der Waals surface area contributed by atoms with Crippen LogP contribution in [0, 0.1) is 21.4 Å². The number of hydrogen-bond donors (Lipinski definition) is 0. The molecule has 3 aromatic rings. The molecule has 130 valence electrons. The third-order valence-electron chi connectivity index (χ3n) is 4.25. The molecule has 1 aliphatic rings. The minimum Gasteiger partial charge on any atom is -0.290 e. The molecule has 4 rings (SSSR count). The van der Waals surface area contributed by atoms with Gasteiger partial charge < -0.3 is 0 Å². The Balaban J connectivity index is 1.79. The van der Waals surface area contributed by atoms with Gasteiger partial charge in [-0.05, 0) is 42.7 Å². The first-order valence-electron chi connectivity index (χ1n) is 7.74. The van der Waals surface area contributed by atoms with E-state index in [-0.39, 0.29) is 16.9 Å². The lowest BCUT2D eigenvalue weighted by atomic mass is 10.2. The van der Waals surface area contributed by atoms with Gasteiger partial charge in [-0.15, -0.1) is 11.3 Å². The van der Waals surface area contributed by atoms with Crippen LogP contribution >= 0.6 is 23.1 Å². The van der Waals surface area contributed by atoms with E-state index in [1.54, 1.807) is 24.5 Å². The van der Waals surface area contributed by atoms with E-state index in [2.05, 4.69) is 9.97 Å². The molecule has 0 aromatic carbocycles. The number of aryl methyl sites for hydroxylation is 2. The van der Waals surface area contributed by atoms with Gasteiger partial charge in [0, 0.05) is 18.0 Å². The molecule has 8 nitrogen and oxygen atoms in total. The summed E-state index contributed by atoms with van der Waals surface area (Å²) in [5.41, 5.74) is 0.416. The number of rotatable bonds is 3. The summed E-state index contributed by atoms with van der Waals surface area (Å²) in [5, 5.41) is 21.5. The summed E-state index contributed by atoms with van der Waals surface area (Å²) in [6.07, 6.45) is 2.96. The second-order valence-electron chi connectivity index (χ2n) is 5.78. The van der Waals surface area contributed by atoms with Crippen LogP contribution in [0.1, 0.15) is 22.6 Å². The van der Waals surface area contributed by atoms with E-state index < -0.39 is 4.92 Å². The first-order valence-corrected chi connectivity index (χ1v) is 9.37. The Labute approximate surface area is 155 Å². The lowest BCUT2D eigenvalue weighted by molar-refractivity contribution is -0.385. The minimum atomic E-state index is -0.646. The maximum absolute atomic E-state index is 12.8. The topological polar surface area (TPSA) is 115 Å². The van der Waals surface area contributed by atoms with E-state index in [0.29, 0.717) is 20.4 Å². The molecule has 0 saturated carbocycles. The lowest BCUT2D eigenvalue weighted by Gasteiger charge is -2.07. The third kappa shape index (κ3) is 2.56. The highest BCUT2D eigenvalue weighted by atomic mass is 32.2. The van der Waals surface area contributed by atoms with Crippen LogP contribution < -0.4 is 5.56 Å². The molecule has 0 spiro atoms. The molecular weight excluding hydrogens is 374 g/mol. The zero-order valence-corrected chi connectivity index (χ0v) is 15.2. The van der Waals surface area contributed by atoms with Gasteiger partial charge in [-0.3, -0.25) is 19.5 Å². The van der Waals surface area contributed by atoms with Crippen molar-refractivity contribution in [3.05, 3.63) is 48.7 Å². The molecule has 1 aliphatic carbocycles. The summed E-state index contributed by atoms with van der Waals surface area (Å²) < 4.78 is 1.47. The Morgan fingerprint density at radius 3 is 2.92 bits per heavy atom. The van der Waals surface area contributed by atoms with Gasteiger partial charge in [0.25, 0.3) is 5.56 Å². The number of fused-ring (bicyclic) bond motifs is 3. The predicted octanol–water partition coefficient (Wildman–Crippen LogP) is 2.81. The van der Waals surface area contributed by atoms with Gasteiger partial charge in [-0.1, -0.05) is 0 Å². The zero-order chi connectivity index (χ0) is 18.4. The van der Waals surface area contributed by atoms with E-state index in [0.717, 1.165) is 36.6 Å². The summed E-state index contributed by atoms with van der Waals surface area (Å²) in [6, 6.07) is 4.42. The van der Waals surface area contributed by atoms with Crippen LogP contribution in [0.3, 0.4) is 0 Å². The molecule has 0 atom stereocenters. The van der Waals surface area contributed by atoms with Crippen molar-refractivity contribution in [2.45, 2.75) is 29.4 Å². The first kappa shape index (κ1) is 16.7. The smallest absolute Gasteiger partial charge is 0.290 e. The van der Waals surface area contributed by atoms with Crippen LogP contribution in [0.4, 0.5) is 5.69 Å². The standard InChI is InChI=1S/C16H11N5O3S2/c1-20-15(22)13-8-3-2-4-11(8)25-14(13)19-16(20)26-12-6-5-10(21(23)24)9(7-17)18-12/h5-6H,2-4H2,1H3. The van der Waals surface area contributed by atoms with Crippen LogP contribution in [0.2, 0.25) is 0 Å². The van der Waals surface area contributed by atoms with Gasteiger partial charge in [0.15, 0.2) is 5.16 Å². The molecule has 0 fully saturated rings. The van der Waals surface area contributed by atoms with Gasteiger partial charge in [0.1, 0.15) is 15.9 Å². The van der Waals surface area contributed by atoms with Crippen LogP contribution in [0.15, 0.2) is 27.1 Å². The number of aromatic nitrogens is 3. The van der Waals surface area contributed by atoms with Crippen molar-refractivity contribution in [1.29, 1.82) is 5.26 Å². The fraction of sp³-hybridized carbons (Fsp3) is 0.250. The highest BCUT2D eigenvalue weighted by Crippen LogP contribution is 2.36. The quantitative estimate of drug-likeness (QED) is 0.387. The molecule has 0 unspecified atom stereocenters. The van der Waals surface area contributed by atoms with Gasteiger partial charge in [-0.25, -0.2) is 9.97 Å². The van der Waals surface area contributed by atoms with E-state index >= 15 is 0 Å².